The summed E-state index contributed by atoms with van der Waals surface area (Å²) in [6.45, 7) is 6.45. The van der Waals surface area contributed by atoms with Crippen LogP contribution in [0.15, 0.2) is 85.1 Å². The molecule has 0 fully saturated rings. The predicted molar refractivity (Wildman–Crippen MR) is 293 cm³/mol. The number of rotatable bonds is 51. The topological polar surface area (TPSA) is 78.9 Å². The van der Waals surface area contributed by atoms with Crippen LogP contribution in [0.2, 0.25) is 0 Å². The molecule has 6 nitrogen and oxygen atoms in total. The van der Waals surface area contributed by atoms with Gasteiger partial charge in [0.1, 0.15) is 13.2 Å². The molecule has 0 saturated heterocycles. The van der Waals surface area contributed by atoms with E-state index in [0.717, 1.165) is 96.3 Å². The molecule has 0 aliphatic carbocycles. The largest absolute Gasteiger partial charge is 0.462 e. The Morgan fingerprint density at radius 1 is 0.309 bits per heavy atom. The Hall–Kier alpha value is -3.41. The molecule has 390 valence electrons. The highest BCUT2D eigenvalue weighted by Gasteiger charge is 2.19. The summed E-state index contributed by atoms with van der Waals surface area (Å²) < 4.78 is 16.8. The van der Waals surface area contributed by atoms with E-state index < -0.39 is 6.10 Å². The number of esters is 3. The zero-order valence-corrected chi connectivity index (χ0v) is 44.6. The molecule has 0 bridgehead atoms. The van der Waals surface area contributed by atoms with Gasteiger partial charge in [-0.15, -0.1) is 0 Å². The first kappa shape index (κ1) is 64.6. The lowest BCUT2D eigenvalue weighted by molar-refractivity contribution is -0.167. The van der Waals surface area contributed by atoms with Crippen LogP contribution in [0.5, 0.6) is 0 Å². The molecule has 0 spiro atoms. The summed E-state index contributed by atoms with van der Waals surface area (Å²) in [6.07, 6.45) is 73.0. The second kappa shape index (κ2) is 56.2. The van der Waals surface area contributed by atoms with Crippen LogP contribution in [-0.2, 0) is 28.6 Å². The summed E-state index contributed by atoms with van der Waals surface area (Å²) in [4.78, 5) is 38.1. The summed E-state index contributed by atoms with van der Waals surface area (Å²) in [6, 6.07) is 0. The number of unbranched alkanes of at least 4 members (excludes halogenated alkanes) is 26. The van der Waals surface area contributed by atoms with Crippen LogP contribution < -0.4 is 0 Å². The summed E-state index contributed by atoms with van der Waals surface area (Å²) in [7, 11) is 0. The highest BCUT2D eigenvalue weighted by molar-refractivity contribution is 5.71. The molecule has 0 aromatic rings. The van der Waals surface area contributed by atoms with Crippen molar-refractivity contribution >= 4 is 17.9 Å². The lowest BCUT2D eigenvalue weighted by Crippen LogP contribution is -2.30. The fraction of sp³-hybridized carbons (Fsp3) is 0.726. The second-order valence-electron chi connectivity index (χ2n) is 18.8. The van der Waals surface area contributed by atoms with Gasteiger partial charge in [0.05, 0.1) is 0 Å². The molecule has 0 aromatic carbocycles. The third-order valence-electron chi connectivity index (χ3n) is 12.1. The number of carbonyl (C=O) groups is 3. The smallest absolute Gasteiger partial charge is 0.306 e. The van der Waals surface area contributed by atoms with Crippen LogP contribution >= 0.6 is 0 Å². The van der Waals surface area contributed by atoms with Crippen molar-refractivity contribution in [3.63, 3.8) is 0 Å². The summed E-state index contributed by atoms with van der Waals surface area (Å²) in [5.74, 6) is -0.947. The van der Waals surface area contributed by atoms with E-state index in [-0.39, 0.29) is 37.5 Å². The lowest BCUT2D eigenvalue weighted by atomic mass is 10.0. The van der Waals surface area contributed by atoms with Gasteiger partial charge in [-0.1, -0.05) is 221 Å². The van der Waals surface area contributed by atoms with Crippen molar-refractivity contribution in [3.05, 3.63) is 85.1 Å². The van der Waals surface area contributed by atoms with Gasteiger partial charge in [0.25, 0.3) is 0 Å². The van der Waals surface area contributed by atoms with Crippen molar-refractivity contribution in [2.24, 2.45) is 0 Å². The van der Waals surface area contributed by atoms with Crippen molar-refractivity contribution in [1.29, 1.82) is 0 Å². The van der Waals surface area contributed by atoms with Crippen molar-refractivity contribution in [2.45, 2.75) is 277 Å². The van der Waals surface area contributed by atoms with Gasteiger partial charge in [-0.05, 0) is 116 Å². The average molecular weight is 948 g/mol. The average Bonchev–Trinajstić information content (AvgIpc) is 3.34. The van der Waals surface area contributed by atoms with Gasteiger partial charge in [-0.3, -0.25) is 14.4 Å². The maximum absolute atomic E-state index is 12.8. The van der Waals surface area contributed by atoms with Gasteiger partial charge in [-0.25, -0.2) is 0 Å². The molecule has 0 rings (SSSR count). The van der Waals surface area contributed by atoms with Crippen LogP contribution in [0.4, 0.5) is 0 Å². The molecule has 1 unspecified atom stereocenters. The third kappa shape index (κ3) is 53.5. The number of hydrogen-bond acceptors (Lipinski definition) is 6. The van der Waals surface area contributed by atoms with E-state index in [4.69, 9.17) is 14.2 Å². The van der Waals surface area contributed by atoms with Crippen molar-refractivity contribution in [2.75, 3.05) is 13.2 Å². The highest BCUT2D eigenvalue weighted by atomic mass is 16.6. The molecule has 0 aliphatic heterocycles. The number of carbonyl (C=O) groups excluding carboxylic acids is 3. The van der Waals surface area contributed by atoms with Crippen LogP contribution in [-0.4, -0.2) is 37.2 Å². The summed E-state index contributed by atoms with van der Waals surface area (Å²) in [5.41, 5.74) is 0. The van der Waals surface area contributed by atoms with Gasteiger partial charge in [0, 0.05) is 19.3 Å². The van der Waals surface area contributed by atoms with E-state index in [1.165, 1.54) is 128 Å². The van der Waals surface area contributed by atoms with E-state index in [2.05, 4.69) is 106 Å². The standard InChI is InChI=1S/C62H106O6/c1-4-7-10-13-16-19-22-25-27-28-29-30-31-32-33-34-36-37-40-43-46-49-52-55-61(64)67-58-59(57-66-60(63)54-51-48-45-42-39-24-21-18-15-12-9-6-3)68-62(65)56-53-50-47-44-41-38-35-26-23-20-17-14-11-8-5-2/h8,11,17-18,20-22,25-26,28-29,35,41,44,59H,4-7,9-10,12-16,19,23-24,27,30-34,36-40,42-43,45-58H2,1-3H3/b11-8-,20-17-,21-18-,25-22-,29-28-,35-26-,44-41-. The minimum Gasteiger partial charge on any atom is -0.462 e. The summed E-state index contributed by atoms with van der Waals surface area (Å²) >= 11 is 0. The molecule has 68 heavy (non-hydrogen) atoms. The highest BCUT2D eigenvalue weighted by Crippen LogP contribution is 2.15. The van der Waals surface area contributed by atoms with Crippen LogP contribution in [0.3, 0.4) is 0 Å². The minimum absolute atomic E-state index is 0.0967. The third-order valence-corrected chi connectivity index (χ3v) is 12.1. The fourth-order valence-corrected chi connectivity index (χ4v) is 7.81. The fourth-order valence-electron chi connectivity index (χ4n) is 7.81. The molecular weight excluding hydrogens is 841 g/mol. The first-order valence-corrected chi connectivity index (χ1v) is 28.6. The number of hydrogen-bond donors (Lipinski definition) is 0. The van der Waals surface area contributed by atoms with Gasteiger partial charge in [0.15, 0.2) is 6.10 Å². The molecule has 0 saturated carbocycles. The van der Waals surface area contributed by atoms with Crippen molar-refractivity contribution in [1.82, 2.24) is 0 Å². The van der Waals surface area contributed by atoms with Crippen LogP contribution in [0, 0.1) is 0 Å². The Labute approximate surface area is 420 Å². The molecule has 0 aromatic heterocycles. The molecular formula is C62H106O6. The second-order valence-corrected chi connectivity index (χ2v) is 18.8. The Morgan fingerprint density at radius 2 is 0.574 bits per heavy atom. The maximum atomic E-state index is 12.8. The SMILES string of the molecule is CC/C=C\C/C=C\C/C=C\C/C=C\CCCCC(=O)OC(COC(=O)CCCCCCC/C=C\CCCCC)COC(=O)CCCCCCCCCCCCC/C=C\C/C=C\CCCCCCC. The number of ether oxygens (including phenoxy) is 3. The normalized spacial score (nSPS) is 12.7. The van der Waals surface area contributed by atoms with E-state index in [0.29, 0.717) is 19.3 Å². The lowest BCUT2D eigenvalue weighted by Gasteiger charge is -2.18. The first-order valence-electron chi connectivity index (χ1n) is 28.6. The van der Waals surface area contributed by atoms with Gasteiger partial charge in [0.2, 0.25) is 0 Å². The maximum Gasteiger partial charge on any atom is 0.306 e. The molecule has 6 heteroatoms. The van der Waals surface area contributed by atoms with Gasteiger partial charge < -0.3 is 14.2 Å². The number of allylic oxidation sites excluding steroid dienone is 14. The zero-order chi connectivity index (χ0) is 49.3. The van der Waals surface area contributed by atoms with Gasteiger partial charge in [-0.2, -0.15) is 0 Å². The predicted octanol–water partition coefficient (Wildman–Crippen LogP) is 19.2. The molecule has 0 heterocycles. The quantitative estimate of drug-likeness (QED) is 0.0262. The van der Waals surface area contributed by atoms with E-state index in [1.54, 1.807) is 0 Å². The molecule has 0 N–H and O–H groups in total. The van der Waals surface area contributed by atoms with E-state index in [9.17, 15) is 14.4 Å². The Balaban J connectivity index is 4.35. The zero-order valence-electron chi connectivity index (χ0n) is 44.6. The Bertz CT molecular complexity index is 1320. The molecule has 0 amide bonds. The first-order chi connectivity index (χ1) is 33.5. The Kier molecular flexibility index (Phi) is 53.4. The molecule has 0 radical (unpaired) electrons. The van der Waals surface area contributed by atoms with Crippen LogP contribution in [0.1, 0.15) is 271 Å². The Morgan fingerprint density at radius 3 is 0.971 bits per heavy atom. The van der Waals surface area contributed by atoms with E-state index >= 15 is 0 Å². The van der Waals surface area contributed by atoms with Crippen LogP contribution in [0.25, 0.3) is 0 Å². The van der Waals surface area contributed by atoms with Gasteiger partial charge >= 0.3 is 17.9 Å². The monoisotopic (exact) mass is 947 g/mol. The summed E-state index contributed by atoms with van der Waals surface area (Å²) in [5, 5.41) is 0. The molecule has 1 atom stereocenters. The minimum atomic E-state index is -0.802. The van der Waals surface area contributed by atoms with Crippen molar-refractivity contribution < 1.29 is 28.6 Å². The molecule has 0 aliphatic rings. The van der Waals surface area contributed by atoms with Crippen molar-refractivity contribution in [3.8, 4) is 0 Å². The van der Waals surface area contributed by atoms with E-state index in [1.807, 2.05) is 0 Å².